The second-order valence-electron chi connectivity index (χ2n) is 5.13. The number of carbonyl (C=O) groups excluding carboxylic acids is 1. The van der Waals surface area contributed by atoms with Crippen molar-refractivity contribution in [2.75, 3.05) is 6.61 Å². The normalized spacial score (nSPS) is 9.87. The van der Waals surface area contributed by atoms with Crippen molar-refractivity contribution in [3.63, 3.8) is 0 Å². The lowest BCUT2D eigenvalue weighted by Crippen LogP contribution is -2.23. The zero-order valence-electron chi connectivity index (χ0n) is 13.0. The monoisotopic (exact) mass is 308 g/mol. The van der Waals surface area contributed by atoms with Crippen molar-refractivity contribution in [2.24, 2.45) is 0 Å². The predicted molar refractivity (Wildman–Crippen MR) is 89.0 cm³/mol. The number of amides is 1. The summed E-state index contributed by atoms with van der Waals surface area (Å²) in [6.45, 7) is 0.987. The molecule has 0 aliphatic carbocycles. The van der Waals surface area contributed by atoms with Crippen LogP contribution in [0.4, 0.5) is 0 Å². The molecular formula is C19H20N2O2. The Balaban J connectivity index is 1.90. The lowest BCUT2D eigenvalue weighted by molar-refractivity contribution is 0.0946. The molecule has 0 unspecified atom stereocenters. The van der Waals surface area contributed by atoms with Crippen molar-refractivity contribution in [1.29, 1.82) is 5.26 Å². The van der Waals surface area contributed by atoms with E-state index in [0.717, 1.165) is 18.4 Å². The van der Waals surface area contributed by atoms with Gasteiger partial charge in [0.25, 0.3) is 5.91 Å². The van der Waals surface area contributed by atoms with E-state index in [0.29, 0.717) is 30.9 Å². The Hall–Kier alpha value is -2.80. The summed E-state index contributed by atoms with van der Waals surface area (Å²) < 4.78 is 5.69. The van der Waals surface area contributed by atoms with E-state index in [1.54, 1.807) is 12.1 Å². The molecule has 0 saturated heterocycles. The molecule has 0 aliphatic heterocycles. The fourth-order valence-corrected chi connectivity index (χ4v) is 2.14. The highest BCUT2D eigenvalue weighted by Gasteiger charge is 2.11. The first kappa shape index (κ1) is 16.6. The molecule has 0 bridgehead atoms. The highest BCUT2D eigenvalue weighted by Crippen LogP contribution is 2.18. The van der Waals surface area contributed by atoms with Gasteiger partial charge in [-0.1, -0.05) is 42.5 Å². The lowest BCUT2D eigenvalue weighted by atomic mass is 10.1. The van der Waals surface area contributed by atoms with Crippen LogP contribution in [0.2, 0.25) is 0 Å². The Labute approximate surface area is 136 Å². The van der Waals surface area contributed by atoms with E-state index in [1.807, 2.05) is 42.5 Å². The van der Waals surface area contributed by atoms with E-state index in [-0.39, 0.29) is 5.91 Å². The molecule has 4 nitrogen and oxygen atoms in total. The van der Waals surface area contributed by atoms with Gasteiger partial charge in [0.1, 0.15) is 5.75 Å². The minimum Gasteiger partial charge on any atom is -0.493 e. The van der Waals surface area contributed by atoms with Crippen LogP contribution in [-0.4, -0.2) is 12.5 Å². The van der Waals surface area contributed by atoms with Gasteiger partial charge in [0, 0.05) is 13.0 Å². The summed E-state index contributed by atoms with van der Waals surface area (Å²) in [6, 6.07) is 19.1. The number of nitriles is 1. The number of nitrogens with zero attached hydrogens (tertiary/aromatic N) is 1. The molecule has 0 spiro atoms. The molecule has 0 aromatic heterocycles. The zero-order valence-corrected chi connectivity index (χ0v) is 13.0. The molecule has 118 valence electrons. The number of ether oxygens (including phenoxy) is 1. The number of carbonyl (C=O) groups is 1. The van der Waals surface area contributed by atoms with Crippen LogP contribution in [0.3, 0.4) is 0 Å². The molecule has 1 amide bonds. The van der Waals surface area contributed by atoms with E-state index in [1.165, 1.54) is 0 Å². The summed E-state index contributed by atoms with van der Waals surface area (Å²) in [5, 5.41) is 11.4. The summed E-state index contributed by atoms with van der Waals surface area (Å²) in [4.78, 5) is 12.3. The summed E-state index contributed by atoms with van der Waals surface area (Å²) in [5.41, 5.74) is 1.58. The summed E-state index contributed by atoms with van der Waals surface area (Å²) in [5.74, 6) is 0.427. The van der Waals surface area contributed by atoms with Crippen LogP contribution in [0.5, 0.6) is 5.75 Å². The summed E-state index contributed by atoms with van der Waals surface area (Å²) >= 11 is 0. The fraction of sp³-hybridized carbons (Fsp3) is 0.263. The number of para-hydroxylation sites is 1. The van der Waals surface area contributed by atoms with E-state index < -0.39 is 0 Å². The van der Waals surface area contributed by atoms with Gasteiger partial charge in [0.2, 0.25) is 0 Å². The molecule has 2 rings (SSSR count). The smallest absolute Gasteiger partial charge is 0.255 e. The van der Waals surface area contributed by atoms with Crippen LogP contribution >= 0.6 is 0 Å². The Morgan fingerprint density at radius 3 is 2.57 bits per heavy atom. The van der Waals surface area contributed by atoms with Gasteiger partial charge < -0.3 is 10.1 Å². The SMILES string of the molecule is N#CCCCCOc1ccccc1C(=O)NCc1ccccc1. The molecule has 0 aliphatic rings. The van der Waals surface area contributed by atoms with Crippen molar-refractivity contribution in [3.05, 3.63) is 65.7 Å². The second-order valence-corrected chi connectivity index (χ2v) is 5.13. The Kier molecular flexibility index (Phi) is 6.67. The third-order valence-electron chi connectivity index (χ3n) is 3.37. The first-order valence-corrected chi connectivity index (χ1v) is 7.72. The van der Waals surface area contributed by atoms with E-state index >= 15 is 0 Å². The van der Waals surface area contributed by atoms with E-state index in [4.69, 9.17) is 10.00 Å². The molecule has 4 heteroatoms. The maximum atomic E-state index is 12.3. The van der Waals surface area contributed by atoms with Gasteiger partial charge in [-0.25, -0.2) is 0 Å². The molecule has 1 N–H and O–H groups in total. The lowest BCUT2D eigenvalue weighted by Gasteiger charge is -2.11. The van der Waals surface area contributed by atoms with Crippen molar-refractivity contribution in [1.82, 2.24) is 5.32 Å². The summed E-state index contributed by atoms with van der Waals surface area (Å²) in [7, 11) is 0. The average molecular weight is 308 g/mol. The highest BCUT2D eigenvalue weighted by atomic mass is 16.5. The number of nitrogens with one attached hydrogen (secondary N) is 1. The quantitative estimate of drug-likeness (QED) is 0.757. The number of rotatable bonds is 8. The van der Waals surface area contributed by atoms with E-state index in [2.05, 4.69) is 11.4 Å². The number of unbranched alkanes of at least 4 members (excludes halogenated alkanes) is 2. The molecular weight excluding hydrogens is 288 g/mol. The Morgan fingerprint density at radius 1 is 1.04 bits per heavy atom. The van der Waals surface area contributed by atoms with Crippen molar-refractivity contribution >= 4 is 5.91 Å². The molecule has 23 heavy (non-hydrogen) atoms. The number of hydrogen-bond acceptors (Lipinski definition) is 3. The van der Waals surface area contributed by atoms with Gasteiger partial charge in [-0.05, 0) is 30.5 Å². The number of hydrogen-bond donors (Lipinski definition) is 1. The first-order valence-electron chi connectivity index (χ1n) is 7.72. The largest absolute Gasteiger partial charge is 0.493 e. The van der Waals surface area contributed by atoms with Crippen LogP contribution in [0.15, 0.2) is 54.6 Å². The number of benzene rings is 2. The summed E-state index contributed by atoms with van der Waals surface area (Å²) in [6.07, 6.45) is 2.13. The van der Waals surface area contributed by atoms with Crippen molar-refractivity contribution in [2.45, 2.75) is 25.8 Å². The van der Waals surface area contributed by atoms with Gasteiger partial charge in [-0.15, -0.1) is 0 Å². The molecule has 0 radical (unpaired) electrons. The standard InChI is InChI=1S/C19H20N2O2/c20-13-7-2-8-14-23-18-12-6-5-11-17(18)19(22)21-15-16-9-3-1-4-10-16/h1,3-6,9-12H,2,7-8,14-15H2,(H,21,22). The van der Waals surface area contributed by atoms with Gasteiger partial charge >= 0.3 is 0 Å². The third kappa shape index (κ3) is 5.48. The maximum absolute atomic E-state index is 12.3. The van der Waals surface area contributed by atoms with Crippen LogP contribution in [0.25, 0.3) is 0 Å². The molecule has 0 fully saturated rings. The fourth-order valence-electron chi connectivity index (χ4n) is 2.14. The van der Waals surface area contributed by atoms with Gasteiger partial charge in [-0.3, -0.25) is 4.79 Å². The van der Waals surface area contributed by atoms with Gasteiger partial charge in [0.05, 0.1) is 18.2 Å². The van der Waals surface area contributed by atoms with Crippen LogP contribution < -0.4 is 10.1 Å². The Morgan fingerprint density at radius 2 is 1.78 bits per heavy atom. The van der Waals surface area contributed by atoms with Gasteiger partial charge in [-0.2, -0.15) is 5.26 Å². The van der Waals surface area contributed by atoms with Crippen molar-refractivity contribution in [3.8, 4) is 11.8 Å². The topological polar surface area (TPSA) is 62.1 Å². The molecule has 2 aromatic carbocycles. The average Bonchev–Trinajstić information content (AvgIpc) is 2.61. The zero-order chi connectivity index (χ0) is 16.3. The molecule has 0 saturated carbocycles. The van der Waals surface area contributed by atoms with Crippen LogP contribution in [-0.2, 0) is 6.54 Å². The predicted octanol–water partition coefficient (Wildman–Crippen LogP) is 3.69. The third-order valence-corrected chi connectivity index (χ3v) is 3.37. The molecule has 2 aromatic rings. The maximum Gasteiger partial charge on any atom is 0.255 e. The van der Waals surface area contributed by atoms with Gasteiger partial charge in [0.15, 0.2) is 0 Å². The van der Waals surface area contributed by atoms with Crippen LogP contribution in [0, 0.1) is 11.3 Å². The Bertz CT molecular complexity index is 663. The molecule has 0 heterocycles. The second kappa shape index (κ2) is 9.26. The minimum absolute atomic E-state index is 0.151. The van der Waals surface area contributed by atoms with Crippen LogP contribution in [0.1, 0.15) is 35.2 Å². The van der Waals surface area contributed by atoms with E-state index in [9.17, 15) is 4.79 Å². The first-order chi connectivity index (χ1) is 11.3. The van der Waals surface area contributed by atoms with Crippen molar-refractivity contribution < 1.29 is 9.53 Å². The molecule has 0 atom stereocenters. The minimum atomic E-state index is -0.151. The highest BCUT2D eigenvalue weighted by molar-refractivity contribution is 5.96.